The number of amides is 2. The molecule has 2 amide bonds. The van der Waals surface area contributed by atoms with Crippen LogP contribution in [0.1, 0.15) is 75.4 Å². The second-order valence-corrected chi connectivity index (χ2v) is 9.24. The number of Topliss-reactive ketones (excluding diaryl/α,β-unsaturated/α-hetero) is 1. The Balaban J connectivity index is 1.43. The highest BCUT2D eigenvalue weighted by Gasteiger charge is 2.34. The van der Waals surface area contributed by atoms with Crippen molar-refractivity contribution in [1.82, 2.24) is 15.2 Å². The van der Waals surface area contributed by atoms with Crippen molar-refractivity contribution < 1.29 is 27.9 Å². The zero-order chi connectivity index (χ0) is 24.1. The lowest BCUT2D eigenvalue weighted by atomic mass is 9.85. The fourth-order valence-corrected chi connectivity index (χ4v) is 4.89. The van der Waals surface area contributed by atoms with Crippen LogP contribution in [0, 0.1) is 11.7 Å². The van der Waals surface area contributed by atoms with Gasteiger partial charge in [0.15, 0.2) is 17.5 Å². The molecular weight excluding hydrogens is 441 g/mol. The van der Waals surface area contributed by atoms with Gasteiger partial charge in [0.2, 0.25) is 5.78 Å². The van der Waals surface area contributed by atoms with E-state index < -0.39 is 29.8 Å². The van der Waals surface area contributed by atoms with E-state index in [-0.39, 0.29) is 29.3 Å². The van der Waals surface area contributed by atoms with Crippen LogP contribution in [0.15, 0.2) is 22.6 Å². The molecule has 0 radical (unpaired) electrons. The van der Waals surface area contributed by atoms with E-state index in [1.807, 2.05) is 0 Å². The van der Waals surface area contributed by atoms with Crippen LogP contribution in [-0.4, -0.2) is 52.9 Å². The van der Waals surface area contributed by atoms with E-state index in [1.165, 1.54) is 18.6 Å². The van der Waals surface area contributed by atoms with Gasteiger partial charge >= 0.3 is 6.09 Å². The summed E-state index contributed by atoms with van der Waals surface area (Å²) in [6, 6.07) is 3.27. The van der Waals surface area contributed by atoms with E-state index in [0.717, 1.165) is 38.5 Å². The number of aromatic nitrogens is 1. The first kappa shape index (κ1) is 24.2. The first-order valence-electron chi connectivity index (χ1n) is 12.3. The molecule has 1 aliphatic heterocycles. The fourth-order valence-electron chi connectivity index (χ4n) is 4.89. The second kappa shape index (κ2) is 11.0. The van der Waals surface area contributed by atoms with Crippen LogP contribution in [0.3, 0.4) is 0 Å². The molecule has 2 aromatic rings. The minimum atomic E-state index is -0.971. The number of halogens is 1. The van der Waals surface area contributed by atoms with Crippen molar-refractivity contribution in [1.29, 1.82) is 0 Å². The number of para-hydroxylation sites is 1. The number of carbonyl (C=O) groups is 3. The van der Waals surface area contributed by atoms with Crippen LogP contribution in [0.25, 0.3) is 11.1 Å². The van der Waals surface area contributed by atoms with Crippen LogP contribution >= 0.6 is 0 Å². The number of likely N-dealkylation sites (tertiary alicyclic amines) is 1. The SMILES string of the molecule is CC[C@H](NC(=O)O[C@@H](CC1CCCCC1)C(=O)N1CCCC1)C(=O)c1nc2cccc(F)c2o1. The third kappa shape index (κ3) is 5.56. The minimum Gasteiger partial charge on any atom is -0.436 e. The number of nitrogens with one attached hydrogen (secondary N) is 1. The smallest absolute Gasteiger partial charge is 0.408 e. The molecular formula is C25H32FN3O5. The molecule has 8 nitrogen and oxygen atoms in total. The van der Waals surface area contributed by atoms with Crippen molar-refractivity contribution in [3.8, 4) is 0 Å². The third-order valence-corrected chi connectivity index (χ3v) is 6.81. The summed E-state index contributed by atoms with van der Waals surface area (Å²) >= 11 is 0. The number of oxazole rings is 1. The number of alkyl carbamates (subject to hydrolysis) is 1. The highest BCUT2D eigenvalue weighted by atomic mass is 19.1. The zero-order valence-corrected chi connectivity index (χ0v) is 19.6. The first-order valence-corrected chi connectivity index (χ1v) is 12.3. The van der Waals surface area contributed by atoms with Crippen LogP contribution < -0.4 is 5.32 Å². The van der Waals surface area contributed by atoms with E-state index in [1.54, 1.807) is 17.9 Å². The van der Waals surface area contributed by atoms with Crippen molar-refractivity contribution in [3.05, 3.63) is 29.9 Å². The molecule has 0 spiro atoms. The maximum Gasteiger partial charge on any atom is 0.408 e. The normalized spacial score (nSPS) is 18.6. The highest BCUT2D eigenvalue weighted by Crippen LogP contribution is 2.29. The molecule has 1 aliphatic carbocycles. The van der Waals surface area contributed by atoms with Gasteiger partial charge in [0.05, 0.1) is 0 Å². The molecule has 1 N–H and O–H groups in total. The lowest BCUT2D eigenvalue weighted by Gasteiger charge is -2.28. The van der Waals surface area contributed by atoms with Crippen molar-refractivity contribution in [2.45, 2.75) is 76.9 Å². The van der Waals surface area contributed by atoms with Gasteiger partial charge in [0, 0.05) is 13.1 Å². The summed E-state index contributed by atoms with van der Waals surface area (Å²) in [5.41, 5.74) is 0.122. The second-order valence-electron chi connectivity index (χ2n) is 9.24. The predicted molar refractivity (Wildman–Crippen MR) is 123 cm³/mol. The number of hydrogen-bond acceptors (Lipinski definition) is 6. The van der Waals surface area contributed by atoms with E-state index in [9.17, 15) is 18.8 Å². The molecule has 1 saturated carbocycles. The number of carbonyl (C=O) groups excluding carboxylic acids is 3. The molecule has 1 saturated heterocycles. The largest absolute Gasteiger partial charge is 0.436 e. The number of ether oxygens (including phenoxy) is 1. The Hall–Kier alpha value is -2.97. The van der Waals surface area contributed by atoms with E-state index >= 15 is 0 Å². The molecule has 2 atom stereocenters. The van der Waals surface area contributed by atoms with E-state index in [0.29, 0.717) is 25.4 Å². The Morgan fingerprint density at radius 3 is 2.59 bits per heavy atom. The van der Waals surface area contributed by atoms with Gasteiger partial charge in [-0.1, -0.05) is 45.1 Å². The van der Waals surface area contributed by atoms with Gasteiger partial charge in [-0.05, 0) is 43.7 Å². The highest BCUT2D eigenvalue weighted by molar-refractivity contribution is 5.99. The number of hydrogen-bond donors (Lipinski definition) is 1. The van der Waals surface area contributed by atoms with Crippen molar-refractivity contribution in [2.75, 3.05) is 13.1 Å². The van der Waals surface area contributed by atoms with Crippen molar-refractivity contribution in [2.24, 2.45) is 5.92 Å². The zero-order valence-electron chi connectivity index (χ0n) is 19.6. The lowest BCUT2D eigenvalue weighted by Crippen LogP contribution is -2.46. The summed E-state index contributed by atoms with van der Waals surface area (Å²) in [6.07, 6.45) is 6.46. The summed E-state index contributed by atoms with van der Waals surface area (Å²) in [6.45, 7) is 3.08. The minimum absolute atomic E-state index is 0.105. The van der Waals surface area contributed by atoms with Crippen LogP contribution in [0.2, 0.25) is 0 Å². The van der Waals surface area contributed by atoms with Crippen molar-refractivity contribution in [3.63, 3.8) is 0 Å². The molecule has 4 rings (SSSR count). The van der Waals surface area contributed by atoms with Crippen LogP contribution in [0.4, 0.5) is 9.18 Å². The number of benzene rings is 1. The Morgan fingerprint density at radius 1 is 1.18 bits per heavy atom. The van der Waals surface area contributed by atoms with Gasteiger partial charge in [-0.25, -0.2) is 14.2 Å². The molecule has 9 heteroatoms. The molecule has 34 heavy (non-hydrogen) atoms. The molecule has 0 unspecified atom stereocenters. The number of fused-ring (bicyclic) bond motifs is 1. The van der Waals surface area contributed by atoms with Crippen LogP contribution in [0.5, 0.6) is 0 Å². The first-order chi connectivity index (χ1) is 16.5. The molecule has 1 aromatic heterocycles. The topological polar surface area (TPSA) is 102 Å². The summed E-state index contributed by atoms with van der Waals surface area (Å²) in [5.74, 6) is -1.29. The maximum absolute atomic E-state index is 13.9. The molecule has 2 heterocycles. The summed E-state index contributed by atoms with van der Waals surface area (Å²) in [7, 11) is 0. The van der Waals surface area contributed by atoms with Gasteiger partial charge in [-0.15, -0.1) is 0 Å². The maximum atomic E-state index is 13.9. The van der Waals surface area contributed by atoms with Crippen LogP contribution in [-0.2, 0) is 9.53 Å². The Labute approximate surface area is 198 Å². The molecule has 1 aromatic carbocycles. The van der Waals surface area contributed by atoms with Gasteiger partial charge < -0.3 is 19.4 Å². The summed E-state index contributed by atoms with van der Waals surface area (Å²) in [5, 5.41) is 2.56. The summed E-state index contributed by atoms with van der Waals surface area (Å²) < 4.78 is 24.9. The molecule has 0 bridgehead atoms. The molecule has 2 aliphatic rings. The number of nitrogens with zero attached hydrogens (tertiary/aromatic N) is 2. The molecule has 184 valence electrons. The van der Waals surface area contributed by atoms with Gasteiger partial charge in [0.1, 0.15) is 11.6 Å². The molecule has 2 fully saturated rings. The Kier molecular flexibility index (Phi) is 7.80. The quantitative estimate of drug-likeness (QED) is 0.562. The van der Waals surface area contributed by atoms with Gasteiger partial charge in [-0.3, -0.25) is 9.59 Å². The fraction of sp³-hybridized carbons (Fsp3) is 0.600. The van der Waals surface area contributed by atoms with Gasteiger partial charge in [-0.2, -0.15) is 0 Å². The van der Waals surface area contributed by atoms with Gasteiger partial charge in [0.25, 0.3) is 11.8 Å². The van der Waals surface area contributed by atoms with E-state index in [4.69, 9.17) is 9.15 Å². The Morgan fingerprint density at radius 2 is 1.91 bits per heavy atom. The number of ketones is 1. The average Bonchev–Trinajstić information content (AvgIpc) is 3.53. The lowest BCUT2D eigenvalue weighted by molar-refractivity contribution is -0.140. The predicted octanol–water partition coefficient (Wildman–Crippen LogP) is 4.62. The Bertz CT molecular complexity index is 1030. The standard InChI is InChI=1S/C25H32FN3O5/c1-2-18(21(30)23-27-19-12-8-11-17(26)22(19)34-23)28-25(32)33-20(15-16-9-4-3-5-10-16)24(31)29-13-6-7-14-29/h8,11-12,16,18,20H,2-7,9-10,13-15H2,1H3,(H,28,32)/t18-,20-/m0/s1. The average molecular weight is 474 g/mol. The van der Waals surface area contributed by atoms with E-state index in [2.05, 4.69) is 10.3 Å². The number of rotatable bonds is 8. The summed E-state index contributed by atoms with van der Waals surface area (Å²) in [4.78, 5) is 44.6. The van der Waals surface area contributed by atoms with Crippen molar-refractivity contribution >= 4 is 28.9 Å². The third-order valence-electron chi connectivity index (χ3n) is 6.81. The monoisotopic (exact) mass is 473 g/mol.